The van der Waals surface area contributed by atoms with E-state index in [4.69, 9.17) is 9.84 Å². The van der Waals surface area contributed by atoms with Gasteiger partial charge in [-0.15, -0.1) is 0 Å². The van der Waals surface area contributed by atoms with Gasteiger partial charge in [0.15, 0.2) is 6.10 Å². The molecular formula is C13H17NO3. The Morgan fingerprint density at radius 2 is 2.29 bits per heavy atom. The predicted octanol–water partition coefficient (Wildman–Crippen LogP) is 2.19. The molecule has 0 spiro atoms. The molecule has 1 heterocycles. The van der Waals surface area contributed by atoms with Crippen LogP contribution in [0, 0.1) is 12.8 Å². The average molecular weight is 235 g/mol. The number of rotatable bonds is 5. The molecule has 1 aromatic heterocycles. The Labute approximate surface area is 101 Å². The number of aromatic nitrogens is 1. The largest absolute Gasteiger partial charge is 0.478 e. The summed E-state index contributed by atoms with van der Waals surface area (Å²) in [5.74, 6) is -0.106. The van der Waals surface area contributed by atoms with Crippen LogP contribution < -0.4 is 4.74 Å². The summed E-state index contributed by atoms with van der Waals surface area (Å²) in [4.78, 5) is 15.5. The van der Waals surface area contributed by atoms with E-state index in [2.05, 4.69) is 4.98 Å². The van der Waals surface area contributed by atoms with Gasteiger partial charge >= 0.3 is 5.97 Å². The Kier molecular flexibility index (Phi) is 3.31. The second-order valence-corrected chi connectivity index (χ2v) is 4.47. The predicted molar refractivity (Wildman–Crippen MR) is 63.1 cm³/mol. The van der Waals surface area contributed by atoms with Gasteiger partial charge in [0.2, 0.25) is 0 Å². The number of hydrogen-bond acceptors (Lipinski definition) is 3. The lowest BCUT2D eigenvalue weighted by Crippen LogP contribution is -2.29. The fourth-order valence-electron chi connectivity index (χ4n) is 1.84. The van der Waals surface area contributed by atoms with Gasteiger partial charge < -0.3 is 9.84 Å². The van der Waals surface area contributed by atoms with E-state index in [1.165, 1.54) is 0 Å². The van der Waals surface area contributed by atoms with Gasteiger partial charge in [-0.2, -0.15) is 0 Å². The van der Waals surface area contributed by atoms with Gasteiger partial charge in [-0.25, -0.2) is 4.79 Å². The van der Waals surface area contributed by atoms with Crippen molar-refractivity contribution in [2.45, 2.75) is 39.2 Å². The van der Waals surface area contributed by atoms with Crippen molar-refractivity contribution in [2.24, 2.45) is 5.92 Å². The molecule has 1 aliphatic rings. The molecular weight excluding hydrogens is 218 g/mol. The van der Waals surface area contributed by atoms with Crippen LogP contribution in [-0.4, -0.2) is 22.2 Å². The molecule has 1 atom stereocenters. The van der Waals surface area contributed by atoms with Crippen molar-refractivity contribution in [1.82, 2.24) is 4.98 Å². The highest BCUT2D eigenvalue weighted by Crippen LogP contribution is 2.35. The summed E-state index contributed by atoms with van der Waals surface area (Å²) < 4.78 is 5.61. The van der Waals surface area contributed by atoms with Crippen LogP contribution in [0.25, 0.3) is 0 Å². The molecule has 0 bridgehead atoms. The van der Waals surface area contributed by atoms with Crippen LogP contribution in [0.15, 0.2) is 12.1 Å². The Morgan fingerprint density at radius 3 is 2.82 bits per heavy atom. The first kappa shape index (κ1) is 11.9. The van der Waals surface area contributed by atoms with Crippen LogP contribution in [0.3, 0.4) is 0 Å². The van der Waals surface area contributed by atoms with Gasteiger partial charge in [-0.1, -0.05) is 6.92 Å². The third kappa shape index (κ3) is 2.75. The average Bonchev–Trinajstić information content (AvgIpc) is 3.10. The van der Waals surface area contributed by atoms with Gasteiger partial charge in [0.25, 0.3) is 0 Å². The van der Waals surface area contributed by atoms with Crippen molar-refractivity contribution in [1.29, 1.82) is 0 Å². The summed E-state index contributed by atoms with van der Waals surface area (Å²) in [5, 5.41) is 9.12. The number of carboxylic acid groups (broad SMARTS) is 1. The first-order valence-corrected chi connectivity index (χ1v) is 5.97. The lowest BCUT2D eigenvalue weighted by molar-refractivity contribution is -0.146. The van der Waals surface area contributed by atoms with Crippen LogP contribution in [0.1, 0.15) is 31.2 Å². The summed E-state index contributed by atoms with van der Waals surface area (Å²) in [6.45, 7) is 3.90. The number of pyridine rings is 1. The summed E-state index contributed by atoms with van der Waals surface area (Å²) in [7, 11) is 0. The standard InChI is InChI=1S/C13H17NO3/c1-3-10-11(7-4-8(2)14-10)17-12(13(15)16)9-5-6-9/h4,7,9,12H,3,5-6H2,1-2H3,(H,15,16). The number of carboxylic acids is 1. The number of nitrogens with zero attached hydrogens (tertiary/aromatic N) is 1. The normalized spacial score (nSPS) is 16.6. The van der Waals surface area contributed by atoms with Crippen LogP contribution in [0.2, 0.25) is 0 Å². The molecule has 0 saturated heterocycles. The topological polar surface area (TPSA) is 59.4 Å². The van der Waals surface area contributed by atoms with E-state index < -0.39 is 12.1 Å². The zero-order valence-electron chi connectivity index (χ0n) is 10.1. The van der Waals surface area contributed by atoms with Crippen molar-refractivity contribution >= 4 is 5.97 Å². The lowest BCUT2D eigenvalue weighted by atomic mass is 10.2. The molecule has 0 radical (unpaired) electrons. The zero-order valence-corrected chi connectivity index (χ0v) is 10.1. The molecule has 1 fully saturated rings. The maximum Gasteiger partial charge on any atom is 0.345 e. The molecule has 2 rings (SSSR count). The van der Waals surface area contributed by atoms with E-state index in [0.717, 1.165) is 30.7 Å². The Balaban J connectivity index is 2.18. The third-order valence-electron chi connectivity index (χ3n) is 2.95. The van der Waals surface area contributed by atoms with E-state index >= 15 is 0 Å². The summed E-state index contributed by atoms with van der Waals surface area (Å²) >= 11 is 0. The van der Waals surface area contributed by atoms with Crippen LogP contribution in [-0.2, 0) is 11.2 Å². The molecule has 1 aliphatic carbocycles. The number of aryl methyl sites for hydroxylation is 2. The quantitative estimate of drug-likeness (QED) is 0.849. The Bertz CT molecular complexity index is 427. The first-order valence-electron chi connectivity index (χ1n) is 5.97. The third-order valence-corrected chi connectivity index (χ3v) is 2.95. The van der Waals surface area contributed by atoms with Gasteiger partial charge in [0.1, 0.15) is 5.75 Å². The van der Waals surface area contributed by atoms with Crippen LogP contribution in [0.4, 0.5) is 0 Å². The molecule has 1 unspecified atom stereocenters. The van der Waals surface area contributed by atoms with E-state index in [9.17, 15) is 4.79 Å². The molecule has 0 aliphatic heterocycles. The van der Waals surface area contributed by atoms with Crippen molar-refractivity contribution in [2.75, 3.05) is 0 Å². The van der Waals surface area contributed by atoms with Crippen molar-refractivity contribution in [3.05, 3.63) is 23.5 Å². The van der Waals surface area contributed by atoms with E-state index in [1.807, 2.05) is 26.0 Å². The first-order chi connectivity index (χ1) is 8.11. The van der Waals surface area contributed by atoms with Gasteiger partial charge in [-0.05, 0) is 38.3 Å². The molecule has 17 heavy (non-hydrogen) atoms. The number of hydrogen-bond donors (Lipinski definition) is 1. The highest BCUT2D eigenvalue weighted by molar-refractivity contribution is 5.73. The molecule has 4 heteroatoms. The van der Waals surface area contributed by atoms with Gasteiger partial charge in [-0.3, -0.25) is 4.98 Å². The molecule has 92 valence electrons. The van der Waals surface area contributed by atoms with Crippen molar-refractivity contribution in [3.63, 3.8) is 0 Å². The monoisotopic (exact) mass is 235 g/mol. The minimum Gasteiger partial charge on any atom is -0.478 e. The van der Waals surface area contributed by atoms with Crippen molar-refractivity contribution < 1.29 is 14.6 Å². The Hall–Kier alpha value is -1.58. The summed E-state index contributed by atoms with van der Waals surface area (Å²) in [6.07, 6.45) is 1.91. The summed E-state index contributed by atoms with van der Waals surface area (Å²) in [5.41, 5.74) is 1.75. The molecule has 1 saturated carbocycles. The smallest absolute Gasteiger partial charge is 0.345 e. The SMILES string of the molecule is CCc1nc(C)ccc1OC(C(=O)O)C1CC1. The van der Waals surface area contributed by atoms with E-state index in [0.29, 0.717) is 5.75 Å². The second-order valence-electron chi connectivity index (χ2n) is 4.47. The summed E-state index contributed by atoms with van der Waals surface area (Å²) in [6, 6.07) is 3.67. The number of carbonyl (C=O) groups is 1. The second kappa shape index (κ2) is 4.73. The highest BCUT2D eigenvalue weighted by atomic mass is 16.5. The Morgan fingerprint density at radius 1 is 1.59 bits per heavy atom. The van der Waals surface area contributed by atoms with Crippen LogP contribution in [0.5, 0.6) is 5.75 Å². The zero-order chi connectivity index (χ0) is 12.4. The van der Waals surface area contributed by atoms with Crippen molar-refractivity contribution in [3.8, 4) is 5.75 Å². The molecule has 4 nitrogen and oxygen atoms in total. The lowest BCUT2D eigenvalue weighted by Gasteiger charge is -2.16. The highest BCUT2D eigenvalue weighted by Gasteiger charge is 2.38. The molecule has 1 aromatic rings. The maximum absolute atomic E-state index is 11.1. The number of ether oxygens (including phenoxy) is 1. The molecule has 0 amide bonds. The molecule has 0 aromatic carbocycles. The molecule has 1 N–H and O–H groups in total. The van der Waals surface area contributed by atoms with Crippen LogP contribution >= 0.6 is 0 Å². The van der Waals surface area contributed by atoms with Gasteiger partial charge in [0, 0.05) is 11.6 Å². The van der Waals surface area contributed by atoms with E-state index in [-0.39, 0.29) is 5.92 Å². The van der Waals surface area contributed by atoms with E-state index in [1.54, 1.807) is 0 Å². The number of aliphatic carboxylic acids is 1. The fraction of sp³-hybridized carbons (Fsp3) is 0.538. The minimum absolute atomic E-state index is 0.165. The minimum atomic E-state index is -0.880. The fourth-order valence-corrected chi connectivity index (χ4v) is 1.84. The van der Waals surface area contributed by atoms with Gasteiger partial charge in [0.05, 0.1) is 5.69 Å². The maximum atomic E-state index is 11.1.